The zero-order chi connectivity index (χ0) is 20.0. The van der Waals surface area contributed by atoms with Gasteiger partial charge in [0.05, 0.1) is 23.3 Å². The van der Waals surface area contributed by atoms with Crippen LogP contribution in [0.15, 0.2) is 48.5 Å². The Balaban J connectivity index is 1.91. The molecule has 2 aromatic carbocycles. The number of benzene rings is 2. The summed E-state index contributed by atoms with van der Waals surface area (Å²) in [5.41, 5.74) is 1.23. The van der Waals surface area contributed by atoms with Crippen LogP contribution in [0.2, 0.25) is 5.02 Å². The predicted molar refractivity (Wildman–Crippen MR) is 105 cm³/mol. The minimum Gasteiger partial charge on any atom is -0.340 e. The average molecular weight is 392 g/mol. The maximum Gasteiger partial charge on any atom is 0.239 e. The molecule has 0 unspecified atom stereocenters. The fraction of sp³-hybridized carbons (Fsp3) is 0.300. The van der Waals surface area contributed by atoms with Crippen molar-refractivity contribution in [1.82, 2.24) is 9.80 Å². The minimum absolute atomic E-state index is 0.0337. The fourth-order valence-electron chi connectivity index (χ4n) is 2.61. The highest BCUT2D eigenvalue weighted by Crippen LogP contribution is 2.20. The lowest BCUT2D eigenvalue weighted by atomic mass is 10.2. The normalized spacial score (nSPS) is 11.9. The van der Waals surface area contributed by atoms with Crippen LogP contribution < -0.4 is 5.32 Å². The molecule has 2 rings (SSSR count). The van der Waals surface area contributed by atoms with Gasteiger partial charge in [0.25, 0.3) is 0 Å². The topological polar surface area (TPSA) is 52.7 Å². The number of nitrogens with zero attached hydrogens (tertiary/aromatic N) is 2. The first kappa shape index (κ1) is 20.9. The van der Waals surface area contributed by atoms with Crippen molar-refractivity contribution in [2.75, 3.05) is 26.0 Å². The number of nitrogens with one attached hydrogen (secondary N) is 1. The summed E-state index contributed by atoms with van der Waals surface area (Å²) in [7, 11) is 3.35. The van der Waals surface area contributed by atoms with E-state index in [4.69, 9.17) is 11.6 Å². The maximum atomic E-state index is 13.3. The van der Waals surface area contributed by atoms with Crippen LogP contribution in [-0.2, 0) is 16.1 Å². The van der Waals surface area contributed by atoms with Crippen molar-refractivity contribution in [3.05, 3.63) is 64.9 Å². The molecule has 0 aliphatic rings. The lowest BCUT2D eigenvalue weighted by Gasteiger charge is -2.28. The highest BCUT2D eigenvalue weighted by molar-refractivity contribution is 6.33. The van der Waals surface area contributed by atoms with Gasteiger partial charge < -0.3 is 10.2 Å². The highest BCUT2D eigenvalue weighted by Gasteiger charge is 2.23. The molecule has 1 atom stereocenters. The average Bonchev–Trinajstić information content (AvgIpc) is 2.62. The molecule has 27 heavy (non-hydrogen) atoms. The molecule has 0 saturated carbocycles. The van der Waals surface area contributed by atoms with E-state index in [1.807, 2.05) is 0 Å². The highest BCUT2D eigenvalue weighted by atomic mass is 35.5. The molecule has 1 N–H and O–H groups in total. The van der Waals surface area contributed by atoms with Crippen molar-refractivity contribution in [2.24, 2.45) is 0 Å². The lowest BCUT2D eigenvalue weighted by Crippen LogP contribution is -2.46. The van der Waals surface area contributed by atoms with Crippen LogP contribution in [0, 0.1) is 5.82 Å². The standard InChI is InChI=1S/C20H23ClFN3O2/c1-14(20(27)25(3)12-15-7-6-8-16(22)11-15)24(2)13-19(26)23-18-10-5-4-9-17(18)21/h4-11,14H,12-13H2,1-3H3,(H,23,26)/t14-/m0/s1. The number of carbonyl (C=O) groups excluding carboxylic acids is 2. The van der Waals surface area contributed by atoms with Gasteiger partial charge in [-0.25, -0.2) is 4.39 Å². The summed E-state index contributed by atoms with van der Waals surface area (Å²) in [5, 5.41) is 3.18. The molecule has 0 saturated heterocycles. The summed E-state index contributed by atoms with van der Waals surface area (Å²) in [6.07, 6.45) is 0. The number of para-hydroxylation sites is 1. The summed E-state index contributed by atoms with van der Waals surface area (Å²) in [4.78, 5) is 28.0. The first-order valence-electron chi connectivity index (χ1n) is 8.52. The third-order valence-electron chi connectivity index (χ3n) is 4.24. The van der Waals surface area contributed by atoms with Crippen molar-refractivity contribution in [1.29, 1.82) is 0 Å². The lowest BCUT2D eigenvalue weighted by molar-refractivity contribution is -0.135. The van der Waals surface area contributed by atoms with Crippen molar-refractivity contribution in [3.8, 4) is 0 Å². The van der Waals surface area contributed by atoms with Gasteiger partial charge in [0.1, 0.15) is 5.82 Å². The Hall–Kier alpha value is -2.44. The molecule has 0 radical (unpaired) electrons. The second kappa shape index (κ2) is 9.48. The van der Waals surface area contributed by atoms with Crippen LogP contribution in [0.4, 0.5) is 10.1 Å². The van der Waals surface area contributed by atoms with E-state index in [2.05, 4.69) is 5.32 Å². The number of hydrogen-bond acceptors (Lipinski definition) is 3. The molecule has 0 spiro atoms. The number of halogens is 2. The molecule has 7 heteroatoms. The van der Waals surface area contributed by atoms with Gasteiger partial charge >= 0.3 is 0 Å². The number of amides is 2. The zero-order valence-corrected chi connectivity index (χ0v) is 16.3. The van der Waals surface area contributed by atoms with Crippen LogP contribution in [0.1, 0.15) is 12.5 Å². The van der Waals surface area contributed by atoms with E-state index in [1.54, 1.807) is 62.3 Å². The number of anilines is 1. The van der Waals surface area contributed by atoms with Gasteiger partial charge in [0.2, 0.25) is 11.8 Å². The second-order valence-corrected chi connectivity index (χ2v) is 6.85. The van der Waals surface area contributed by atoms with E-state index >= 15 is 0 Å². The van der Waals surface area contributed by atoms with Crippen LogP contribution in [0.5, 0.6) is 0 Å². The molecule has 0 fully saturated rings. The van der Waals surface area contributed by atoms with E-state index in [1.165, 1.54) is 17.0 Å². The third kappa shape index (κ3) is 6.05. The molecule has 144 valence electrons. The Morgan fingerprint density at radius 3 is 2.52 bits per heavy atom. The van der Waals surface area contributed by atoms with Gasteiger partial charge in [-0.3, -0.25) is 14.5 Å². The Kier molecular flexibility index (Phi) is 7.33. The number of likely N-dealkylation sites (N-methyl/N-ethyl adjacent to an activating group) is 2. The van der Waals surface area contributed by atoms with Crippen molar-refractivity contribution >= 4 is 29.1 Å². The van der Waals surface area contributed by atoms with Gasteiger partial charge in [-0.15, -0.1) is 0 Å². The Morgan fingerprint density at radius 1 is 1.15 bits per heavy atom. The number of carbonyl (C=O) groups is 2. The monoisotopic (exact) mass is 391 g/mol. The minimum atomic E-state index is -0.513. The van der Waals surface area contributed by atoms with E-state index < -0.39 is 6.04 Å². The smallest absolute Gasteiger partial charge is 0.239 e. The van der Waals surface area contributed by atoms with Crippen LogP contribution >= 0.6 is 11.6 Å². The van der Waals surface area contributed by atoms with E-state index in [-0.39, 0.29) is 24.2 Å². The first-order chi connectivity index (χ1) is 12.8. The number of hydrogen-bond donors (Lipinski definition) is 1. The Bertz CT molecular complexity index is 815. The number of rotatable bonds is 7. The molecule has 2 amide bonds. The van der Waals surface area contributed by atoms with Gasteiger partial charge in [0, 0.05) is 13.6 Å². The maximum absolute atomic E-state index is 13.3. The summed E-state index contributed by atoms with van der Waals surface area (Å²) < 4.78 is 13.3. The van der Waals surface area contributed by atoms with Gasteiger partial charge in [-0.1, -0.05) is 35.9 Å². The molecule has 5 nitrogen and oxygen atoms in total. The fourth-order valence-corrected chi connectivity index (χ4v) is 2.79. The molecule has 2 aromatic rings. The molecule has 0 aliphatic heterocycles. The van der Waals surface area contributed by atoms with Gasteiger partial charge in [0.15, 0.2) is 0 Å². The van der Waals surface area contributed by atoms with Crippen molar-refractivity contribution in [2.45, 2.75) is 19.5 Å². The summed E-state index contributed by atoms with van der Waals surface area (Å²) in [5.74, 6) is -0.764. The molecule has 0 heterocycles. The van der Waals surface area contributed by atoms with Gasteiger partial charge in [-0.2, -0.15) is 0 Å². The van der Waals surface area contributed by atoms with Crippen LogP contribution in [-0.4, -0.2) is 48.3 Å². The van der Waals surface area contributed by atoms with Gasteiger partial charge in [-0.05, 0) is 43.8 Å². The largest absolute Gasteiger partial charge is 0.340 e. The van der Waals surface area contributed by atoms with Crippen LogP contribution in [0.3, 0.4) is 0 Å². The first-order valence-corrected chi connectivity index (χ1v) is 8.89. The van der Waals surface area contributed by atoms with E-state index in [9.17, 15) is 14.0 Å². The van der Waals surface area contributed by atoms with Crippen molar-refractivity contribution in [3.63, 3.8) is 0 Å². The zero-order valence-electron chi connectivity index (χ0n) is 15.6. The van der Waals surface area contributed by atoms with Crippen LogP contribution in [0.25, 0.3) is 0 Å². The molecule has 0 aliphatic carbocycles. The molecule has 0 aromatic heterocycles. The second-order valence-electron chi connectivity index (χ2n) is 6.44. The van der Waals surface area contributed by atoms with E-state index in [0.717, 1.165) is 0 Å². The molecular weight excluding hydrogens is 369 g/mol. The third-order valence-corrected chi connectivity index (χ3v) is 4.57. The van der Waals surface area contributed by atoms with Crippen molar-refractivity contribution < 1.29 is 14.0 Å². The SMILES string of the molecule is C[C@@H](C(=O)N(C)Cc1cccc(F)c1)N(C)CC(=O)Nc1ccccc1Cl. The Labute approximate surface area is 163 Å². The molecular formula is C20H23ClFN3O2. The summed E-state index contributed by atoms with van der Waals surface area (Å²) in [6.45, 7) is 2.06. The Morgan fingerprint density at radius 2 is 1.85 bits per heavy atom. The predicted octanol–water partition coefficient (Wildman–Crippen LogP) is 3.40. The summed E-state index contributed by atoms with van der Waals surface area (Å²) >= 11 is 6.03. The molecule has 0 bridgehead atoms. The quantitative estimate of drug-likeness (QED) is 0.787. The van der Waals surface area contributed by atoms with E-state index in [0.29, 0.717) is 22.8 Å². The summed E-state index contributed by atoms with van der Waals surface area (Å²) in [6, 6.07) is 12.6.